The molecule has 1 aliphatic rings. The number of fused-ring (bicyclic) bond motifs is 1. The van der Waals surface area contributed by atoms with E-state index in [0.29, 0.717) is 22.3 Å². The number of thiophene rings is 1. The van der Waals surface area contributed by atoms with Gasteiger partial charge in [-0.05, 0) is 30.0 Å². The summed E-state index contributed by atoms with van der Waals surface area (Å²) in [7, 11) is -3.16. The smallest absolute Gasteiger partial charge is 0.262 e. The van der Waals surface area contributed by atoms with Crippen LogP contribution in [-0.2, 0) is 21.2 Å². The number of rotatable bonds is 4. The second-order valence-electron chi connectivity index (χ2n) is 6.47. The third-order valence-corrected chi connectivity index (χ3v) is 7.20. The molecule has 1 aliphatic heterocycles. The molecule has 0 spiro atoms. The van der Waals surface area contributed by atoms with Crippen molar-refractivity contribution in [1.29, 1.82) is 0 Å². The number of hydrogen-bond acceptors (Lipinski definition) is 6. The molecule has 2 aromatic heterocycles. The van der Waals surface area contributed by atoms with E-state index in [4.69, 9.17) is 0 Å². The Morgan fingerprint density at radius 3 is 2.74 bits per heavy atom. The van der Waals surface area contributed by atoms with E-state index in [1.165, 1.54) is 27.1 Å². The Bertz CT molecular complexity index is 1150. The summed E-state index contributed by atoms with van der Waals surface area (Å²) in [5, 5.41) is 2.26. The lowest BCUT2D eigenvalue weighted by Gasteiger charge is -2.28. The average Bonchev–Trinajstić information content (AvgIpc) is 3.25. The highest BCUT2D eigenvalue weighted by atomic mass is 32.2. The summed E-state index contributed by atoms with van der Waals surface area (Å²) in [4.78, 5) is 32.0. The SMILES string of the molecule is O=C(Cn1cnc2sccc2c1=O)N(c1ccccc1)[C@H]1CCS(=O)(=O)C1. The summed E-state index contributed by atoms with van der Waals surface area (Å²) in [6.45, 7) is -0.191. The number of hydrogen-bond donors (Lipinski definition) is 0. The molecule has 27 heavy (non-hydrogen) atoms. The zero-order valence-electron chi connectivity index (χ0n) is 14.3. The normalized spacial score (nSPS) is 18.6. The molecule has 1 fully saturated rings. The van der Waals surface area contributed by atoms with E-state index in [1.807, 2.05) is 6.07 Å². The second kappa shape index (κ2) is 6.90. The molecular formula is C18H17N3O4S2. The lowest BCUT2D eigenvalue weighted by molar-refractivity contribution is -0.119. The van der Waals surface area contributed by atoms with Gasteiger partial charge in [-0.15, -0.1) is 11.3 Å². The van der Waals surface area contributed by atoms with Gasteiger partial charge in [-0.25, -0.2) is 13.4 Å². The van der Waals surface area contributed by atoms with Crippen LogP contribution in [0, 0.1) is 0 Å². The van der Waals surface area contributed by atoms with Gasteiger partial charge in [0.2, 0.25) is 5.91 Å². The molecular weight excluding hydrogens is 386 g/mol. The Hall–Kier alpha value is -2.52. The number of carbonyl (C=O) groups excluding carboxylic acids is 1. The molecule has 3 aromatic rings. The van der Waals surface area contributed by atoms with Crippen molar-refractivity contribution in [3.63, 3.8) is 0 Å². The molecule has 1 atom stereocenters. The van der Waals surface area contributed by atoms with Gasteiger partial charge in [-0.2, -0.15) is 0 Å². The van der Waals surface area contributed by atoms with Crippen molar-refractivity contribution in [2.24, 2.45) is 0 Å². The predicted molar refractivity (Wildman–Crippen MR) is 105 cm³/mol. The summed E-state index contributed by atoms with van der Waals surface area (Å²) >= 11 is 1.37. The zero-order chi connectivity index (χ0) is 19.0. The van der Waals surface area contributed by atoms with Crippen molar-refractivity contribution < 1.29 is 13.2 Å². The topological polar surface area (TPSA) is 89.3 Å². The molecule has 4 rings (SSSR count). The van der Waals surface area contributed by atoms with Crippen LogP contribution in [0.15, 0.2) is 52.9 Å². The van der Waals surface area contributed by atoms with Gasteiger partial charge in [0.05, 0.1) is 29.3 Å². The van der Waals surface area contributed by atoms with Crippen molar-refractivity contribution in [2.45, 2.75) is 19.0 Å². The van der Waals surface area contributed by atoms with Crippen LogP contribution in [0.1, 0.15) is 6.42 Å². The first-order valence-corrected chi connectivity index (χ1v) is 11.1. The maximum atomic E-state index is 13.1. The lowest BCUT2D eigenvalue weighted by atomic mass is 10.1. The molecule has 9 heteroatoms. The number of aromatic nitrogens is 2. The van der Waals surface area contributed by atoms with Gasteiger partial charge < -0.3 is 4.90 Å². The van der Waals surface area contributed by atoms with Crippen molar-refractivity contribution in [2.75, 3.05) is 16.4 Å². The van der Waals surface area contributed by atoms with Crippen LogP contribution in [-0.4, -0.2) is 41.4 Å². The number of amides is 1. The van der Waals surface area contributed by atoms with E-state index in [9.17, 15) is 18.0 Å². The molecule has 0 radical (unpaired) electrons. The average molecular weight is 403 g/mol. The van der Waals surface area contributed by atoms with E-state index < -0.39 is 15.9 Å². The minimum absolute atomic E-state index is 0.0651. The number of carbonyl (C=O) groups is 1. The van der Waals surface area contributed by atoms with E-state index in [-0.39, 0.29) is 29.5 Å². The Kier molecular flexibility index (Phi) is 4.56. The molecule has 140 valence electrons. The Labute approximate surface area is 159 Å². The minimum Gasteiger partial charge on any atom is -0.307 e. The van der Waals surface area contributed by atoms with E-state index in [1.54, 1.807) is 35.7 Å². The summed E-state index contributed by atoms with van der Waals surface area (Å²) in [6, 6.07) is 10.2. The van der Waals surface area contributed by atoms with Crippen LogP contribution in [0.25, 0.3) is 10.2 Å². The lowest BCUT2D eigenvalue weighted by Crippen LogP contribution is -2.44. The number of para-hydroxylation sites is 1. The Balaban J connectivity index is 1.68. The van der Waals surface area contributed by atoms with Gasteiger partial charge in [0.25, 0.3) is 5.56 Å². The number of nitrogens with zero attached hydrogens (tertiary/aromatic N) is 3. The maximum absolute atomic E-state index is 13.1. The highest BCUT2D eigenvalue weighted by Crippen LogP contribution is 2.25. The van der Waals surface area contributed by atoms with Crippen LogP contribution in [0.3, 0.4) is 0 Å². The van der Waals surface area contributed by atoms with Crippen LogP contribution in [0.5, 0.6) is 0 Å². The molecule has 3 heterocycles. The maximum Gasteiger partial charge on any atom is 0.262 e. The molecule has 0 unspecified atom stereocenters. The van der Waals surface area contributed by atoms with Gasteiger partial charge >= 0.3 is 0 Å². The van der Waals surface area contributed by atoms with Crippen molar-refractivity contribution in [3.8, 4) is 0 Å². The predicted octanol–water partition coefficient (Wildman–Crippen LogP) is 1.68. The fourth-order valence-corrected chi connectivity index (χ4v) is 5.78. The summed E-state index contributed by atoms with van der Waals surface area (Å²) < 4.78 is 25.1. The second-order valence-corrected chi connectivity index (χ2v) is 9.60. The van der Waals surface area contributed by atoms with Crippen LogP contribution >= 0.6 is 11.3 Å². The van der Waals surface area contributed by atoms with Gasteiger partial charge in [0.1, 0.15) is 11.4 Å². The fourth-order valence-electron chi connectivity index (χ4n) is 3.35. The van der Waals surface area contributed by atoms with E-state index in [0.717, 1.165) is 0 Å². The molecule has 7 nitrogen and oxygen atoms in total. The van der Waals surface area contributed by atoms with Crippen LogP contribution in [0.4, 0.5) is 5.69 Å². The number of sulfone groups is 1. The van der Waals surface area contributed by atoms with Crippen molar-refractivity contribution in [3.05, 3.63) is 58.5 Å². The van der Waals surface area contributed by atoms with E-state index >= 15 is 0 Å². The third-order valence-electron chi connectivity index (χ3n) is 4.63. The Morgan fingerprint density at radius 1 is 1.26 bits per heavy atom. The highest BCUT2D eigenvalue weighted by Gasteiger charge is 2.35. The standard InChI is InChI=1S/C18H17N3O4S2/c22-16(10-20-12-19-17-15(18(20)23)6-8-26-17)21(13-4-2-1-3-5-13)14-7-9-27(24,25)11-14/h1-6,8,12,14H,7,9-11H2/t14-/m0/s1. The fraction of sp³-hybridized carbons (Fsp3) is 0.278. The third kappa shape index (κ3) is 3.52. The molecule has 1 saturated heterocycles. The van der Waals surface area contributed by atoms with E-state index in [2.05, 4.69) is 4.98 Å². The molecule has 0 bridgehead atoms. The van der Waals surface area contributed by atoms with Gasteiger partial charge in [-0.1, -0.05) is 18.2 Å². The quantitative estimate of drug-likeness (QED) is 0.661. The van der Waals surface area contributed by atoms with Gasteiger partial charge in [0, 0.05) is 5.69 Å². The summed E-state index contributed by atoms with van der Waals surface area (Å²) in [6.07, 6.45) is 1.76. The van der Waals surface area contributed by atoms with Crippen molar-refractivity contribution in [1.82, 2.24) is 9.55 Å². The largest absolute Gasteiger partial charge is 0.307 e. The number of anilines is 1. The first-order valence-electron chi connectivity index (χ1n) is 8.45. The van der Waals surface area contributed by atoms with Gasteiger partial charge in [0.15, 0.2) is 9.84 Å². The zero-order valence-corrected chi connectivity index (χ0v) is 15.9. The van der Waals surface area contributed by atoms with Crippen LogP contribution in [0.2, 0.25) is 0 Å². The summed E-state index contributed by atoms with van der Waals surface area (Å²) in [5.74, 6) is -0.331. The minimum atomic E-state index is -3.16. The van der Waals surface area contributed by atoms with Crippen molar-refractivity contribution >= 4 is 43.0 Å². The van der Waals surface area contributed by atoms with Gasteiger partial charge in [-0.3, -0.25) is 14.2 Å². The molecule has 1 amide bonds. The molecule has 0 aliphatic carbocycles. The molecule has 1 aromatic carbocycles. The monoisotopic (exact) mass is 403 g/mol. The summed E-state index contributed by atoms with van der Waals surface area (Å²) in [5.41, 5.74) is 0.351. The Morgan fingerprint density at radius 2 is 2.04 bits per heavy atom. The molecule has 0 N–H and O–H groups in total. The highest BCUT2D eigenvalue weighted by molar-refractivity contribution is 7.91. The number of benzene rings is 1. The first-order chi connectivity index (χ1) is 12.9. The molecule has 0 saturated carbocycles. The first kappa shape index (κ1) is 17.9. The van der Waals surface area contributed by atoms with Crippen LogP contribution < -0.4 is 10.5 Å².